The van der Waals surface area contributed by atoms with E-state index in [4.69, 9.17) is 0 Å². The van der Waals surface area contributed by atoms with Crippen molar-refractivity contribution in [3.63, 3.8) is 0 Å². The van der Waals surface area contributed by atoms with Gasteiger partial charge in [-0.3, -0.25) is 15.0 Å². The molecule has 1 fully saturated rings. The number of nitro benzene ring substituents is 1. The molecule has 0 spiro atoms. The van der Waals surface area contributed by atoms with Crippen LogP contribution in [0.15, 0.2) is 72.8 Å². The number of hydrogen-bond donors (Lipinski definition) is 3. The van der Waals surface area contributed by atoms with E-state index in [1.165, 1.54) is 11.6 Å². The van der Waals surface area contributed by atoms with Gasteiger partial charge in [0.1, 0.15) is 11.3 Å². The minimum Gasteiger partial charge on any atom is -0.508 e. The van der Waals surface area contributed by atoms with Gasteiger partial charge in [0, 0.05) is 48.5 Å². The normalized spacial score (nSPS) is 24.1. The maximum atomic E-state index is 12.5. The summed E-state index contributed by atoms with van der Waals surface area (Å²) in [7, 11) is 0. The molecular formula is C28H27N3O4. The number of piperidine rings is 1. The Morgan fingerprint density at radius 2 is 1.83 bits per heavy atom. The number of H-pyrrole nitrogens is 1. The summed E-state index contributed by atoms with van der Waals surface area (Å²) in [6.45, 7) is 2.01. The van der Waals surface area contributed by atoms with Crippen LogP contribution in [0.4, 0.5) is 5.69 Å². The molecule has 3 N–H and O–H groups in total. The van der Waals surface area contributed by atoms with E-state index in [0.717, 1.165) is 35.3 Å². The molecule has 2 atom stereocenters. The summed E-state index contributed by atoms with van der Waals surface area (Å²) < 4.78 is 0. The van der Waals surface area contributed by atoms with E-state index >= 15 is 0 Å². The number of rotatable bonds is 4. The Balaban J connectivity index is 1.48. The standard InChI is InChI=1S/C28H27N3O4/c32-21-9-4-8-20(14-21)27-12-13-30(17-19-6-2-1-3-7-19)18-28(27,33)15-23-22-10-5-11-25(31(34)35)26(22)29-24(23)16-27/h1-11,14,29,32-33H,12-13,15-18H2/t27-,28-/m0/s1. The molecule has 1 aliphatic carbocycles. The maximum Gasteiger partial charge on any atom is 0.293 e. The second kappa shape index (κ2) is 7.93. The highest BCUT2D eigenvalue weighted by Gasteiger charge is 2.57. The molecule has 7 heteroatoms. The monoisotopic (exact) mass is 469 g/mol. The van der Waals surface area contributed by atoms with Gasteiger partial charge in [0.2, 0.25) is 0 Å². The first-order chi connectivity index (χ1) is 16.9. The molecule has 4 aromatic rings. The van der Waals surface area contributed by atoms with Crippen molar-refractivity contribution in [1.29, 1.82) is 0 Å². The van der Waals surface area contributed by atoms with Crippen LogP contribution in [0.25, 0.3) is 10.9 Å². The highest BCUT2D eigenvalue weighted by atomic mass is 16.6. The number of phenols is 1. The van der Waals surface area contributed by atoms with Crippen molar-refractivity contribution < 1.29 is 15.1 Å². The Morgan fingerprint density at radius 3 is 2.60 bits per heavy atom. The molecule has 0 bridgehead atoms. The van der Waals surface area contributed by atoms with Crippen LogP contribution in [0.3, 0.4) is 0 Å². The largest absolute Gasteiger partial charge is 0.508 e. The molecule has 35 heavy (non-hydrogen) atoms. The number of β-amino-alcohol motifs (C(OH)–C–C–N with tert-alkyl or cyclic N) is 1. The summed E-state index contributed by atoms with van der Waals surface area (Å²) in [5, 5.41) is 35.2. The molecule has 178 valence electrons. The van der Waals surface area contributed by atoms with Gasteiger partial charge in [-0.1, -0.05) is 54.6 Å². The average molecular weight is 470 g/mol. The smallest absolute Gasteiger partial charge is 0.293 e. The Morgan fingerprint density at radius 1 is 1.03 bits per heavy atom. The third kappa shape index (κ3) is 3.42. The van der Waals surface area contributed by atoms with Gasteiger partial charge < -0.3 is 15.2 Å². The number of nitro groups is 1. The highest BCUT2D eigenvalue weighted by Crippen LogP contribution is 2.52. The lowest BCUT2D eigenvalue weighted by atomic mass is 9.56. The number of aromatic nitrogens is 1. The third-order valence-corrected chi connectivity index (χ3v) is 8.03. The van der Waals surface area contributed by atoms with Crippen LogP contribution in [-0.2, 0) is 24.8 Å². The summed E-state index contributed by atoms with van der Waals surface area (Å²) in [4.78, 5) is 17.0. The summed E-state index contributed by atoms with van der Waals surface area (Å²) in [5.41, 5.74) is 2.80. The number of fused-ring (bicyclic) bond motifs is 4. The first-order valence-corrected chi connectivity index (χ1v) is 11.9. The minimum absolute atomic E-state index is 0.0453. The summed E-state index contributed by atoms with van der Waals surface area (Å²) in [6.07, 6.45) is 1.61. The van der Waals surface area contributed by atoms with Crippen molar-refractivity contribution >= 4 is 16.6 Å². The Bertz CT molecular complexity index is 1430. The van der Waals surface area contributed by atoms with Gasteiger partial charge in [0.15, 0.2) is 0 Å². The van der Waals surface area contributed by atoms with E-state index in [1.807, 2.05) is 36.4 Å². The van der Waals surface area contributed by atoms with E-state index in [0.29, 0.717) is 31.3 Å². The van der Waals surface area contributed by atoms with E-state index < -0.39 is 11.0 Å². The SMILES string of the molecule is O=[N+]([O-])c1cccc2c3c([nH]c12)C[C@]1(c2cccc(O)c2)CCN(Cc2ccccc2)C[C@@]1(O)C3. The van der Waals surface area contributed by atoms with Crippen LogP contribution >= 0.6 is 0 Å². The van der Waals surface area contributed by atoms with Gasteiger partial charge in [0.05, 0.1) is 10.5 Å². The number of phenolic OH excluding ortho intramolecular Hbond substituents is 1. The molecule has 7 nitrogen and oxygen atoms in total. The summed E-state index contributed by atoms with van der Waals surface area (Å²) in [6, 6.07) is 22.6. The molecular weight excluding hydrogens is 442 g/mol. The number of aromatic hydroxyl groups is 1. The average Bonchev–Trinajstić information content (AvgIpc) is 3.19. The fraction of sp³-hybridized carbons (Fsp3) is 0.286. The number of likely N-dealkylation sites (tertiary alicyclic amines) is 1. The molecule has 3 aromatic carbocycles. The van der Waals surface area contributed by atoms with Gasteiger partial charge in [-0.15, -0.1) is 0 Å². The molecule has 2 heterocycles. The minimum atomic E-state index is -1.11. The Labute approximate surface area is 202 Å². The third-order valence-electron chi connectivity index (χ3n) is 8.03. The predicted molar refractivity (Wildman–Crippen MR) is 133 cm³/mol. The lowest BCUT2D eigenvalue weighted by Crippen LogP contribution is -2.66. The molecule has 0 radical (unpaired) electrons. The van der Waals surface area contributed by atoms with Crippen molar-refractivity contribution in [2.45, 2.75) is 36.8 Å². The van der Waals surface area contributed by atoms with Gasteiger partial charge in [-0.25, -0.2) is 0 Å². The molecule has 1 aliphatic heterocycles. The van der Waals surface area contributed by atoms with E-state index in [2.05, 4.69) is 22.0 Å². The van der Waals surface area contributed by atoms with Crippen LogP contribution in [-0.4, -0.2) is 43.7 Å². The molecule has 0 saturated carbocycles. The highest BCUT2D eigenvalue weighted by molar-refractivity contribution is 5.92. The van der Waals surface area contributed by atoms with Gasteiger partial charge in [-0.05, 0) is 41.8 Å². The second-order valence-corrected chi connectivity index (χ2v) is 10.0. The van der Waals surface area contributed by atoms with Crippen LogP contribution in [0, 0.1) is 10.1 Å². The molecule has 2 aliphatic rings. The number of hydrogen-bond acceptors (Lipinski definition) is 5. The number of non-ortho nitro benzene ring substituents is 1. The zero-order valence-electron chi connectivity index (χ0n) is 19.3. The van der Waals surface area contributed by atoms with Gasteiger partial charge >= 0.3 is 0 Å². The first-order valence-electron chi connectivity index (χ1n) is 11.9. The van der Waals surface area contributed by atoms with E-state index in [9.17, 15) is 20.3 Å². The number of benzene rings is 3. The summed E-state index contributed by atoms with van der Waals surface area (Å²) in [5.74, 6) is 0.170. The van der Waals surface area contributed by atoms with Crippen molar-refractivity contribution in [2.75, 3.05) is 13.1 Å². The number of nitrogens with zero attached hydrogens (tertiary/aromatic N) is 2. The van der Waals surface area contributed by atoms with Crippen molar-refractivity contribution in [3.05, 3.63) is 105 Å². The van der Waals surface area contributed by atoms with E-state index in [-0.39, 0.29) is 16.4 Å². The van der Waals surface area contributed by atoms with Crippen LogP contribution in [0.1, 0.15) is 28.8 Å². The number of aromatic amines is 1. The Kier molecular flexibility index (Phi) is 4.95. The quantitative estimate of drug-likeness (QED) is 0.303. The fourth-order valence-electron chi connectivity index (χ4n) is 6.37. The number of nitrogens with one attached hydrogen (secondary N) is 1. The number of para-hydroxylation sites is 1. The molecule has 1 aromatic heterocycles. The Hall–Kier alpha value is -3.68. The molecule has 6 rings (SSSR count). The molecule has 0 unspecified atom stereocenters. The lowest BCUT2D eigenvalue weighted by Gasteiger charge is -2.56. The zero-order valence-corrected chi connectivity index (χ0v) is 19.3. The van der Waals surface area contributed by atoms with Crippen molar-refractivity contribution in [1.82, 2.24) is 9.88 Å². The van der Waals surface area contributed by atoms with Gasteiger partial charge in [0.25, 0.3) is 5.69 Å². The first kappa shape index (κ1) is 21.8. The maximum absolute atomic E-state index is 12.5. The second-order valence-electron chi connectivity index (χ2n) is 10.0. The van der Waals surface area contributed by atoms with E-state index in [1.54, 1.807) is 18.2 Å². The van der Waals surface area contributed by atoms with Crippen LogP contribution < -0.4 is 0 Å². The number of aliphatic hydroxyl groups is 1. The van der Waals surface area contributed by atoms with Gasteiger partial charge in [-0.2, -0.15) is 0 Å². The summed E-state index contributed by atoms with van der Waals surface area (Å²) >= 11 is 0. The predicted octanol–water partition coefficient (Wildman–Crippen LogP) is 4.46. The van der Waals surface area contributed by atoms with Crippen LogP contribution in [0.5, 0.6) is 5.75 Å². The molecule has 0 amide bonds. The topological polar surface area (TPSA) is 103 Å². The zero-order chi connectivity index (χ0) is 24.2. The fourth-order valence-corrected chi connectivity index (χ4v) is 6.37. The van der Waals surface area contributed by atoms with Crippen LogP contribution in [0.2, 0.25) is 0 Å². The van der Waals surface area contributed by atoms with Crippen molar-refractivity contribution in [3.8, 4) is 5.75 Å². The molecule has 1 saturated heterocycles. The van der Waals surface area contributed by atoms with Crippen molar-refractivity contribution in [2.24, 2.45) is 0 Å². The lowest BCUT2D eigenvalue weighted by molar-refractivity contribution is -0.383.